The highest BCUT2D eigenvalue weighted by Crippen LogP contribution is 2.34. The fourth-order valence-electron chi connectivity index (χ4n) is 4.28. The number of aromatic nitrogens is 6. The monoisotopic (exact) mass is 510 g/mol. The summed E-state index contributed by atoms with van der Waals surface area (Å²) in [6, 6.07) is 8.08. The molecule has 0 bridgehead atoms. The average molecular weight is 511 g/mol. The number of halogens is 3. The molecule has 0 aromatic carbocycles. The molecule has 1 aliphatic rings. The van der Waals surface area contributed by atoms with Gasteiger partial charge in [0, 0.05) is 48.1 Å². The lowest BCUT2D eigenvalue weighted by atomic mass is 9.83. The predicted molar refractivity (Wildman–Crippen MR) is 132 cm³/mol. The Kier molecular flexibility index (Phi) is 6.74. The largest absolute Gasteiger partial charge is 0.390 e. The normalized spacial score (nSPS) is 19.7. The van der Waals surface area contributed by atoms with Crippen molar-refractivity contribution in [2.75, 3.05) is 10.6 Å². The van der Waals surface area contributed by atoms with Crippen LogP contribution < -0.4 is 10.6 Å². The summed E-state index contributed by atoms with van der Waals surface area (Å²) in [5, 5.41) is 20.9. The van der Waals surface area contributed by atoms with Crippen molar-refractivity contribution in [1.82, 2.24) is 29.7 Å². The Morgan fingerprint density at radius 2 is 1.86 bits per heavy atom. The van der Waals surface area contributed by atoms with Crippen LogP contribution in [0.3, 0.4) is 0 Å². The van der Waals surface area contributed by atoms with E-state index in [-0.39, 0.29) is 17.4 Å². The number of hydrogen-bond donors (Lipinski definition) is 3. The Labute approximate surface area is 210 Å². The quantitative estimate of drug-likeness (QED) is 0.292. The van der Waals surface area contributed by atoms with Gasteiger partial charge in [0.25, 0.3) is 0 Å². The number of nitrogens with one attached hydrogen (secondary N) is 2. The first-order valence-electron chi connectivity index (χ1n) is 11.8. The first-order chi connectivity index (χ1) is 17.8. The lowest BCUT2D eigenvalue weighted by Crippen LogP contribution is -2.35. The maximum atomic E-state index is 14.1. The molecule has 192 valence electrons. The molecule has 0 spiro atoms. The van der Waals surface area contributed by atoms with Gasteiger partial charge < -0.3 is 15.7 Å². The number of pyridine rings is 2. The number of hydrogen-bond acceptors (Lipinski definition) is 8. The van der Waals surface area contributed by atoms with Gasteiger partial charge in [-0.3, -0.25) is 0 Å². The molecule has 1 saturated carbocycles. The van der Waals surface area contributed by atoms with E-state index in [0.717, 1.165) is 12.8 Å². The molecule has 4 aromatic rings. The van der Waals surface area contributed by atoms with Gasteiger partial charge in [-0.1, -0.05) is 0 Å². The van der Waals surface area contributed by atoms with E-state index in [4.69, 9.17) is 0 Å². The van der Waals surface area contributed by atoms with Gasteiger partial charge >= 0.3 is 6.55 Å². The number of anilines is 3. The minimum absolute atomic E-state index is 0.0746. The lowest BCUT2D eigenvalue weighted by molar-refractivity contribution is 0.0196. The van der Waals surface area contributed by atoms with Gasteiger partial charge in [-0.15, -0.1) is 0 Å². The molecular weight excluding hydrogens is 485 g/mol. The summed E-state index contributed by atoms with van der Waals surface area (Å²) in [6.07, 6.45) is 8.38. The van der Waals surface area contributed by atoms with E-state index in [9.17, 15) is 18.3 Å². The zero-order valence-electron chi connectivity index (χ0n) is 19.9. The van der Waals surface area contributed by atoms with E-state index in [1.807, 2.05) is 6.92 Å². The van der Waals surface area contributed by atoms with Crippen LogP contribution in [-0.4, -0.2) is 46.5 Å². The smallest absolute Gasteiger partial charge is 0.333 e. The van der Waals surface area contributed by atoms with Gasteiger partial charge in [-0.25, -0.2) is 24.6 Å². The highest BCUT2D eigenvalue weighted by atomic mass is 19.3. The molecule has 3 N–H and O–H groups in total. The molecule has 4 aromatic heterocycles. The van der Waals surface area contributed by atoms with Crippen LogP contribution >= 0.6 is 0 Å². The molecule has 4 heterocycles. The van der Waals surface area contributed by atoms with E-state index < -0.39 is 18.1 Å². The van der Waals surface area contributed by atoms with Crippen LogP contribution in [0.5, 0.6) is 0 Å². The third-order valence-electron chi connectivity index (χ3n) is 6.32. The summed E-state index contributed by atoms with van der Waals surface area (Å²) in [7, 11) is 0. The zero-order chi connectivity index (χ0) is 26.0. The first-order valence-corrected chi connectivity index (χ1v) is 11.8. The minimum atomic E-state index is -2.75. The van der Waals surface area contributed by atoms with E-state index in [2.05, 4.69) is 35.7 Å². The maximum absolute atomic E-state index is 14.1. The van der Waals surface area contributed by atoms with Gasteiger partial charge in [0.15, 0.2) is 5.82 Å². The van der Waals surface area contributed by atoms with Crippen LogP contribution in [0.1, 0.15) is 39.2 Å². The Morgan fingerprint density at radius 3 is 2.59 bits per heavy atom. The third-order valence-corrected chi connectivity index (χ3v) is 6.32. The highest BCUT2D eigenvalue weighted by Gasteiger charge is 2.29. The molecule has 0 saturated heterocycles. The number of nitrogens with zero attached hydrogens (tertiary/aromatic N) is 6. The van der Waals surface area contributed by atoms with Crippen LogP contribution in [0.15, 0.2) is 55.1 Å². The zero-order valence-corrected chi connectivity index (χ0v) is 19.9. The summed E-state index contributed by atoms with van der Waals surface area (Å²) in [5.74, 6) is 0.300. The van der Waals surface area contributed by atoms with Crippen LogP contribution in [0, 0.1) is 5.95 Å². The Morgan fingerprint density at radius 1 is 1.05 bits per heavy atom. The van der Waals surface area contributed by atoms with Gasteiger partial charge in [-0.2, -0.15) is 18.3 Å². The van der Waals surface area contributed by atoms with Gasteiger partial charge in [0.05, 0.1) is 16.9 Å². The van der Waals surface area contributed by atoms with E-state index >= 15 is 0 Å². The van der Waals surface area contributed by atoms with Crippen molar-refractivity contribution in [2.24, 2.45) is 0 Å². The molecule has 0 atom stereocenters. The van der Waals surface area contributed by atoms with Gasteiger partial charge in [-0.05, 0) is 56.9 Å². The average Bonchev–Trinajstić information content (AvgIpc) is 3.37. The van der Waals surface area contributed by atoms with Crippen LogP contribution in [-0.2, 0) is 0 Å². The molecule has 12 heteroatoms. The molecule has 0 aliphatic heterocycles. The predicted octanol–water partition coefficient (Wildman–Crippen LogP) is 5.18. The summed E-state index contributed by atoms with van der Waals surface area (Å²) in [5.41, 5.74) is 1.03. The van der Waals surface area contributed by atoms with Crippen molar-refractivity contribution in [1.29, 1.82) is 0 Å². The second-order valence-corrected chi connectivity index (χ2v) is 9.22. The Bertz CT molecular complexity index is 1380. The first kappa shape index (κ1) is 24.6. The lowest BCUT2D eigenvalue weighted by Gasteiger charge is -2.34. The fraction of sp³-hybridized carbons (Fsp3) is 0.320. The van der Waals surface area contributed by atoms with E-state index in [0.29, 0.717) is 46.1 Å². The van der Waals surface area contributed by atoms with Crippen molar-refractivity contribution in [3.05, 3.63) is 61.1 Å². The van der Waals surface area contributed by atoms with Gasteiger partial charge in [0.1, 0.15) is 11.6 Å². The fourth-order valence-corrected chi connectivity index (χ4v) is 4.28. The van der Waals surface area contributed by atoms with Crippen molar-refractivity contribution in [3.63, 3.8) is 0 Å². The Hall–Kier alpha value is -4.06. The minimum Gasteiger partial charge on any atom is -0.390 e. The van der Waals surface area contributed by atoms with E-state index in [1.165, 1.54) is 30.7 Å². The van der Waals surface area contributed by atoms with Crippen LogP contribution in [0.25, 0.3) is 22.6 Å². The highest BCUT2D eigenvalue weighted by molar-refractivity contribution is 5.78. The summed E-state index contributed by atoms with van der Waals surface area (Å²) in [6.45, 7) is -0.927. The van der Waals surface area contributed by atoms with Crippen molar-refractivity contribution >= 4 is 17.3 Å². The molecule has 37 heavy (non-hydrogen) atoms. The van der Waals surface area contributed by atoms with Crippen LogP contribution in [0.2, 0.25) is 0 Å². The summed E-state index contributed by atoms with van der Waals surface area (Å²) in [4.78, 5) is 16.6. The SMILES string of the molecule is CC1(O)CCC(Nc2cc(Nc3ccnc(-c4cccnc4F)n3)ncc2-c2ccn(C(F)F)n2)CC1. The van der Waals surface area contributed by atoms with E-state index in [1.54, 1.807) is 24.4 Å². The molecule has 1 aliphatic carbocycles. The molecule has 0 unspecified atom stereocenters. The topological polar surface area (TPSA) is 114 Å². The Balaban J connectivity index is 1.44. The molecule has 9 nitrogen and oxygen atoms in total. The van der Waals surface area contributed by atoms with Crippen molar-refractivity contribution < 1.29 is 18.3 Å². The van der Waals surface area contributed by atoms with Crippen LogP contribution in [0.4, 0.5) is 30.5 Å². The standard InChI is InChI=1S/C25H25F3N8O/c1-25(37)8-4-15(5-9-25)32-19-13-21(31-14-17(19)18-7-12-36(35-18)24(27)28)33-20-6-11-30-23(34-20)16-3-2-10-29-22(16)26/h2-3,6-7,10-15,24,37H,4-5,8-9H2,1H3,(H2,30,31,32,33,34). The molecule has 1 fully saturated rings. The second-order valence-electron chi connectivity index (χ2n) is 9.22. The van der Waals surface area contributed by atoms with Crippen molar-refractivity contribution in [2.45, 2.75) is 50.8 Å². The number of aliphatic hydroxyl groups is 1. The molecular formula is C25H25F3N8O. The molecule has 0 amide bonds. The third kappa shape index (κ3) is 5.69. The summed E-state index contributed by atoms with van der Waals surface area (Å²) >= 11 is 0. The second kappa shape index (κ2) is 10.1. The number of rotatable bonds is 7. The molecule has 0 radical (unpaired) electrons. The van der Waals surface area contributed by atoms with Gasteiger partial charge in [0.2, 0.25) is 5.95 Å². The maximum Gasteiger partial charge on any atom is 0.333 e. The number of alkyl halides is 2. The summed E-state index contributed by atoms with van der Waals surface area (Å²) < 4.78 is 40.9. The molecule has 5 rings (SSSR count). The van der Waals surface area contributed by atoms with Crippen molar-refractivity contribution in [3.8, 4) is 22.6 Å².